The van der Waals surface area contributed by atoms with E-state index in [9.17, 15) is 5.11 Å². The van der Waals surface area contributed by atoms with Crippen LogP contribution in [-0.2, 0) is 4.74 Å². The molecule has 1 fully saturated rings. The third-order valence-corrected chi connectivity index (χ3v) is 6.06. The highest BCUT2D eigenvalue weighted by Gasteiger charge is 2.36. The molecule has 0 amide bonds. The van der Waals surface area contributed by atoms with E-state index in [1.54, 1.807) is 6.07 Å². The molecule has 5 nitrogen and oxygen atoms in total. The fourth-order valence-corrected chi connectivity index (χ4v) is 4.24. The molecule has 1 aromatic heterocycles. The van der Waals surface area contributed by atoms with E-state index in [0.29, 0.717) is 16.5 Å². The Morgan fingerprint density at radius 2 is 2.24 bits per heavy atom. The number of hydrogen-bond donors (Lipinski definition) is 2. The van der Waals surface area contributed by atoms with Gasteiger partial charge in [-0.3, -0.25) is 4.57 Å². The summed E-state index contributed by atoms with van der Waals surface area (Å²) in [6, 6.07) is 2.97. The van der Waals surface area contributed by atoms with Crippen molar-refractivity contribution in [3.8, 4) is 0 Å². The molecule has 3 N–H and O–H groups in total. The van der Waals surface area contributed by atoms with Gasteiger partial charge in [0.15, 0.2) is 0 Å². The predicted molar refractivity (Wildman–Crippen MR) is 89.3 cm³/mol. The number of nitrogen functional groups attached to an aromatic ring is 1. The summed E-state index contributed by atoms with van der Waals surface area (Å²) in [6.07, 6.45) is 3.55. The van der Waals surface area contributed by atoms with E-state index >= 15 is 0 Å². The molecule has 1 saturated heterocycles. The van der Waals surface area contributed by atoms with Crippen molar-refractivity contribution in [2.24, 2.45) is 5.92 Å². The van der Waals surface area contributed by atoms with Crippen molar-refractivity contribution < 1.29 is 9.84 Å². The summed E-state index contributed by atoms with van der Waals surface area (Å²) in [5.41, 5.74) is 5.64. The zero-order valence-electron chi connectivity index (χ0n) is 13.0. The van der Waals surface area contributed by atoms with Gasteiger partial charge in [-0.25, -0.2) is 4.98 Å². The first-order valence-electron chi connectivity index (χ1n) is 7.41. The van der Waals surface area contributed by atoms with Gasteiger partial charge in [0, 0.05) is 14.3 Å². The lowest BCUT2D eigenvalue weighted by Gasteiger charge is -2.20. The van der Waals surface area contributed by atoms with Crippen LogP contribution >= 0.6 is 12.2 Å². The van der Waals surface area contributed by atoms with Gasteiger partial charge < -0.3 is 15.6 Å². The lowest BCUT2D eigenvalue weighted by molar-refractivity contribution is -0.0319. The molecular formula is C14H25N3O2SSi. The van der Waals surface area contributed by atoms with Crippen LogP contribution in [0.5, 0.6) is 0 Å². The molecule has 1 aliphatic rings. The molecule has 0 saturated carbocycles. The van der Waals surface area contributed by atoms with E-state index in [1.807, 2.05) is 10.8 Å². The highest BCUT2D eigenvalue weighted by atomic mass is 32.1. The highest BCUT2D eigenvalue weighted by molar-refractivity contribution is 7.71. The van der Waals surface area contributed by atoms with Crippen molar-refractivity contribution in [1.29, 1.82) is 0 Å². The Bertz CT molecular complexity index is 544. The molecule has 2 heterocycles. The average molecular weight is 328 g/mol. The Labute approximate surface area is 132 Å². The van der Waals surface area contributed by atoms with Crippen LogP contribution in [0.3, 0.4) is 0 Å². The number of aliphatic hydroxyl groups excluding tert-OH is 1. The molecule has 0 radical (unpaired) electrons. The van der Waals surface area contributed by atoms with Gasteiger partial charge in [-0.1, -0.05) is 32.1 Å². The Morgan fingerprint density at radius 3 is 2.81 bits per heavy atom. The van der Waals surface area contributed by atoms with E-state index in [1.165, 1.54) is 6.04 Å². The van der Waals surface area contributed by atoms with Gasteiger partial charge in [-0.05, 0) is 30.6 Å². The number of aromatic nitrogens is 2. The first kappa shape index (κ1) is 16.6. The lowest BCUT2D eigenvalue weighted by atomic mass is 9.98. The molecule has 0 bridgehead atoms. The molecule has 0 aromatic carbocycles. The van der Waals surface area contributed by atoms with Crippen LogP contribution in [0, 0.1) is 10.7 Å². The maximum absolute atomic E-state index is 9.56. The number of nitrogens with two attached hydrogens (primary N) is 1. The normalized spacial score (nSPS) is 26.2. The number of ether oxygens (including phenoxy) is 1. The fraction of sp³-hybridized carbons (Fsp3) is 0.714. The van der Waals surface area contributed by atoms with E-state index in [2.05, 4.69) is 24.6 Å². The molecule has 3 atom stereocenters. The van der Waals surface area contributed by atoms with Crippen LogP contribution in [0.1, 0.15) is 19.1 Å². The van der Waals surface area contributed by atoms with Crippen LogP contribution in [0.15, 0.2) is 12.3 Å². The molecule has 1 aromatic rings. The summed E-state index contributed by atoms with van der Waals surface area (Å²) >= 11 is 5.25. The minimum Gasteiger partial charge on any atom is -0.394 e. The van der Waals surface area contributed by atoms with E-state index in [0.717, 1.165) is 12.8 Å². The zero-order chi connectivity index (χ0) is 15.6. The first-order valence-corrected chi connectivity index (χ1v) is 11.5. The van der Waals surface area contributed by atoms with Gasteiger partial charge in [0.1, 0.15) is 12.0 Å². The van der Waals surface area contributed by atoms with Crippen LogP contribution in [0.25, 0.3) is 0 Å². The minimum absolute atomic E-state index is 0.0581. The Kier molecular flexibility index (Phi) is 5.18. The molecule has 1 unspecified atom stereocenters. The largest absolute Gasteiger partial charge is 0.394 e. The molecule has 1 aliphatic heterocycles. The molecule has 0 aliphatic carbocycles. The van der Waals surface area contributed by atoms with Crippen molar-refractivity contribution in [2.75, 3.05) is 12.3 Å². The van der Waals surface area contributed by atoms with E-state index in [4.69, 9.17) is 22.7 Å². The number of anilines is 1. The number of nitrogens with zero attached hydrogens (tertiary/aromatic N) is 2. The highest BCUT2D eigenvalue weighted by Crippen LogP contribution is 2.37. The van der Waals surface area contributed by atoms with Gasteiger partial charge >= 0.3 is 0 Å². The second kappa shape index (κ2) is 6.56. The molecule has 118 valence electrons. The van der Waals surface area contributed by atoms with Crippen molar-refractivity contribution >= 4 is 26.1 Å². The Balaban J connectivity index is 2.09. The molecule has 0 spiro atoms. The maximum atomic E-state index is 9.56. The fourth-order valence-electron chi connectivity index (χ4n) is 2.72. The predicted octanol–water partition coefficient (Wildman–Crippen LogP) is 2.82. The Morgan fingerprint density at radius 1 is 1.52 bits per heavy atom. The second-order valence-corrected chi connectivity index (χ2v) is 12.9. The summed E-state index contributed by atoms with van der Waals surface area (Å²) in [7, 11) is -1.08. The van der Waals surface area contributed by atoms with Crippen LogP contribution < -0.4 is 5.73 Å². The molecule has 7 heteroatoms. The topological polar surface area (TPSA) is 73.3 Å². The van der Waals surface area contributed by atoms with Gasteiger partial charge in [-0.15, -0.1) is 0 Å². The van der Waals surface area contributed by atoms with Crippen molar-refractivity contribution in [1.82, 2.24) is 9.55 Å². The van der Waals surface area contributed by atoms with Crippen molar-refractivity contribution in [3.63, 3.8) is 0 Å². The summed E-state index contributed by atoms with van der Waals surface area (Å²) in [5.74, 6) is 0.800. The molecular weight excluding hydrogens is 302 g/mol. The number of rotatable bonds is 5. The van der Waals surface area contributed by atoms with Crippen LogP contribution in [0.4, 0.5) is 5.82 Å². The summed E-state index contributed by atoms with van der Waals surface area (Å²) in [6.45, 7) is 7.17. The minimum atomic E-state index is -1.08. The third-order valence-electron chi connectivity index (χ3n) is 3.97. The quantitative estimate of drug-likeness (QED) is 0.642. The number of hydrogen-bond acceptors (Lipinski definition) is 5. The van der Waals surface area contributed by atoms with Gasteiger partial charge in [0.25, 0.3) is 0 Å². The van der Waals surface area contributed by atoms with Crippen LogP contribution in [0.2, 0.25) is 25.7 Å². The summed E-state index contributed by atoms with van der Waals surface area (Å²) in [4.78, 5) is 4.10. The van der Waals surface area contributed by atoms with Crippen molar-refractivity contribution in [2.45, 2.75) is 50.9 Å². The van der Waals surface area contributed by atoms with Gasteiger partial charge in [0.05, 0.1) is 12.7 Å². The van der Waals surface area contributed by atoms with E-state index < -0.39 is 8.07 Å². The van der Waals surface area contributed by atoms with Crippen molar-refractivity contribution in [3.05, 3.63) is 17.0 Å². The zero-order valence-corrected chi connectivity index (χ0v) is 14.8. The lowest BCUT2D eigenvalue weighted by Crippen LogP contribution is -2.25. The summed E-state index contributed by atoms with van der Waals surface area (Å²) < 4.78 is 8.25. The summed E-state index contributed by atoms with van der Waals surface area (Å²) in [5, 5.41) is 9.56. The maximum Gasteiger partial charge on any atom is 0.203 e. The van der Waals surface area contributed by atoms with E-state index in [-0.39, 0.29) is 18.9 Å². The van der Waals surface area contributed by atoms with Gasteiger partial charge in [0.2, 0.25) is 4.77 Å². The second-order valence-electron chi connectivity index (χ2n) is 6.95. The monoisotopic (exact) mass is 327 g/mol. The van der Waals surface area contributed by atoms with Crippen LogP contribution in [-0.4, -0.2) is 35.4 Å². The third kappa shape index (κ3) is 4.35. The average Bonchev–Trinajstić information content (AvgIpc) is 2.78. The first-order chi connectivity index (χ1) is 9.80. The Hall–Kier alpha value is -0.763. The smallest absolute Gasteiger partial charge is 0.203 e. The number of aliphatic hydroxyl groups is 1. The molecule has 2 rings (SSSR count). The molecule has 21 heavy (non-hydrogen) atoms. The van der Waals surface area contributed by atoms with Gasteiger partial charge in [-0.2, -0.15) is 0 Å². The SMILES string of the molecule is C[Si](C)(C)CCC1C[C@H](n2ccc(N)nc2=S)O[C@@H]1CO. The standard InChI is InChI=1S/C14H25N3O2SSi/c1-21(2,3)7-5-10-8-13(19-11(10)9-18)17-6-4-12(15)16-14(17)20/h4,6,10-11,13,18H,5,7-9H2,1-3H3,(H2,15,16,20)/t10?,11-,13-/m1/s1.